The molecule has 4 rings (SSSR count). The molecule has 2 N–H and O–H groups in total. The summed E-state index contributed by atoms with van der Waals surface area (Å²) in [6, 6.07) is 7.08. The van der Waals surface area contributed by atoms with Gasteiger partial charge in [0.2, 0.25) is 11.6 Å². The number of phenols is 1. The second-order valence-electron chi connectivity index (χ2n) is 7.65. The third-order valence-electron chi connectivity index (χ3n) is 5.69. The number of benzene rings is 1. The van der Waals surface area contributed by atoms with E-state index in [9.17, 15) is 9.90 Å². The summed E-state index contributed by atoms with van der Waals surface area (Å²) in [6.45, 7) is 6.04. The van der Waals surface area contributed by atoms with Crippen molar-refractivity contribution in [2.75, 3.05) is 24.5 Å². The maximum absolute atomic E-state index is 12.7. The van der Waals surface area contributed by atoms with Crippen LogP contribution in [0.1, 0.15) is 29.7 Å². The van der Waals surface area contributed by atoms with E-state index in [1.54, 1.807) is 12.1 Å². The molecule has 1 saturated heterocycles. The molecular formula is C22H26N4O3. The van der Waals surface area contributed by atoms with Crippen molar-refractivity contribution in [2.24, 2.45) is 5.92 Å². The second kappa shape index (κ2) is 8.11. The molecule has 3 aromatic rings. The zero-order valence-electron chi connectivity index (χ0n) is 16.8. The summed E-state index contributed by atoms with van der Waals surface area (Å²) in [6.07, 6.45) is 4.08. The van der Waals surface area contributed by atoms with Crippen LogP contribution in [0.3, 0.4) is 0 Å². The molecule has 7 nitrogen and oxygen atoms in total. The first kappa shape index (κ1) is 19.2. The zero-order chi connectivity index (χ0) is 20.4. The van der Waals surface area contributed by atoms with Gasteiger partial charge >= 0.3 is 0 Å². The first-order chi connectivity index (χ1) is 14.0. The molecule has 1 aromatic carbocycles. The van der Waals surface area contributed by atoms with Crippen LogP contribution in [0, 0.1) is 19.8 Å². The summed E-state index contributed by atoms with van der Waals surface area (Å²) in [5.41, 5.74) is 2.74. The van der Waals surface area contributed by atoms with E-state index in [1.165, 1.54) is 6.33 Å². The highest BCUT2D eigenvalue weighted by Crippen LogP contribution is 2.32. The molecule has 29 heavy (non-hydrogen) atoms. The van der Waals surface area contributed by atoms with Gasteiger partial charge in [0, 0.05) is 25.2 Å². The van der Waals surface area contributed by atoms with E-state index in [2.05, 4.69) is 20.2 Å². The predicted octanol–water partition coefficient (Wildman–Crippen LogP) is 3.12. The molecule has 0 saturated carbocycles. The Hall–Kier alpha value is -3.09. The lowest BCUT2D eigenvalue weighted by molar-refractivity contribution is -0.125. The lowest BCUT2D eigenvalue weighted by Crippen LogP contribution is -2.43. The van der Waals surface area contributed by atoms with Crippen LogP contribution in [0.5, 0.6) is 5.75 Å². The SMILES string of the molecule is Cc1oc2ncnc(N3CCCC(C(=O)NCCc4ccc(O)cc4)C3)c2c1C. The number of amides is 1. The Labute approximate surface area is 169 Å². The Morgan fingerprint density at radius 2 is 2.07 bits per heavy atom. The number of hydrogen-bond donors (Lipinski definition) is 2. The number of anilines is 1. The number of aryl methyl sites for hydroxylation is 2. The highest BCUT2D eigenvalue weighted by atomic mass is 16.3. The number of nitrogens with zero attached hydrogens (tertiary/aromatic N) is 3. The predicted molar refractivity (Wildman–Crippen MR) is 111 cm³/mol. The fraction of sp³-hybridized carbons (Fsp3) is 0.409. The summed E-state index contributed by atoms with van der Waals surface area (Å²) in [5.74, 6) is 1.97. The molecule has 1 fully saturated rings. The zero-order valence-corrected chi connectivity index (χ0v) is 16.8. The lowest BCUT2D eigenvalue weighted by atomic mass is 9.96. The number of aromatic nitrogens is 2. The Bertz CT molecular complexity index is 1010. The summed E-state index contributed by atoms with van der Waals surface area (Å²) in [4.78, 5) is 23.7. The van der Waals surface area contributed by atoms with Crippen LogP contribution >= 0.6 is 0 Å². The third-order valence-corrected chi connectivity index (χ3v) is 5.69. The van der Waals surface area contributed by atoms with Gasteiger partial charge in [-0.05, 0) is 50.8 Å². The van der Waals surface area contributed by atoms with Crippen LogP contribution in [-0.4, -0.2) is 40.6 Å². The largest absolute Gasteiger partial charge is 0.508 e. The van der Waals surface area contributed by atoms with Gasteiger partial charge in [0.25, 0.3) is 0 Å². The van der Waals surface area contributed by atoms with E-state index < -0.39 is 0 Å². The fourth-order valence-corrected chi connectivity index (χ4v) is 3.92. The number of fused-ring (bicyclic) bond motifs is 1. The topological polar surface area (TPSA) is 91.5 Å². The molecule has 152 valence electrons. The Morgan fingerprint density at radius 1 is 1.28 bits per heavy atom. The minimum absolute atomic E-state index is 0.0677. The summed E-state index contributed by atoms with van der Waals surface area (Å²) in [7, 11) is 0. The number of nitrogens with one attached hydrogen (secondary N) is 1. The fourth-order valence-electron chi connectivity index (χ4n) is 3.92. The monoisotopic (exact) mass is 394 g/mol. The van der Waals surface area contributed by atoms with Crippen molar-refractivity contribution in [1.29, 1.82) is 0 Å². The summed E-state index contributed by atoms with van der Waals surface area (Å²) >= 11 is 0. The van der Waals surface area contributed by atoms with Gasteiger partial charge in [-0.25, -0.2) is 9.97 Å². The third kappa shape index (κ3) is 4.04. The summed E-state index contributed by atoms with van der Waals surface area (Å²) < 4.78 is 5.73. The number of furan rings is 1. The Kier molecular flexibility index (Phi) is 5.38. The van der Waals surface area contributed by atoms with E-state index in [-0.39, 0.29) is 17.6 Å². The molecule has 2 aromatic heterocycles. The minimum Gasteiger partial charge on any atom is -0.508 e. The normalized spacial score (nSPS) is 16.9. The van der Waals surface area contributed by atoms with Crippen LogP contribution in [0.15, 0.2) is 35.0 Å². The quantitative estimate of drug-likeness (QED) is 0.691. The molecule has 7 heteroatoms. The average molecular weight is 394 g/mol. The molecule has 1 aliphatic rings. The van der Waals surface area contributed by atoms with Gasteiger partial charge in [-0.3, -0.25) is 4.79 Å². The highest BCUT2D eigenvalue weighted by Gasteiger charge is 2.28. The number of aromatic hydroxyl groups is 1. The number of carbonyl (C=O) groups is 1. The smallest absolute Gasteiger partial charge is 0.231 e. The van der Waals surface area contributed by atoms with E-state index >= 15 is 0 Å². The van der Waals surface area contributed by atoms with Crippen LogP contribution in [0.2, 0.25) is 0 Å². The number of carbonyl (C=O) groups excluding carboxylic acids is 1. The van der Waals surface area contributed by atoms with Crippen LogP contribution in [-0.2, 0) is 11.2 Å². The van der Waals surface area contributed by atoms with Crippen molar-refractivity contribution < 1.29 is 14.3 Å². The van der Waals surface area contributed by atoms with Gasteiger partial charge in [0.1, 0.15) is 23.7 Å². The van der Waals surface area contributed by atoms with E-state index in [0.29, 0.717) is 18.8 Å². The average Bonchev–Trinajstić information content (AvgIpc) is 3.03. The molecule has 1 aliphatic heterocycles. The Morgan fingerprint density at radius 3 is 2.86 bits per heavy atom. The number of rotatable bonds is 5. The van der Waals surface area contributed by atoms with Crippen molar-refractivity contribution in [1.82, 2.24) is 15.3 Å². The van der Waals surface area contributed by atoms with Crippen molar-refractivity contribution in [3.63, 3.8) is 0 Å². The van der Waals surface area contributed by atoms with E-state index in [0.717, 1.165) is 53.9 Å². The number of hydrogen-bond acceptors (Lipinski definition) is 6. The lowest BCUT2D eigenvalue weighted by Gasteiger charge is -2.33. The first-order valence-corrected chi connectivity index (χ1v) is 10.0. The number of phenolic OH excluding ortho intramolecular Hbond substituents is 1. The van der Waals surface area contributed by atoms with Crippen molar-refractivity contribution in [3.05, 3.63) is 47.5 Å². The van der Waals surface area contributed by atoms with Gasteiger partial charge < -0.3 is 19.7 Å². The van der Waals surface area contributed by atoms with Gasteiger partial charge in [0.05, 0.1) is 11.3 Å². The molecule has 0 spiro atoms. The van der Waals surface area contributed by atoms with Crippen molar-refractivity contribution in [2.45, 2.75) is 33.1 Å². The maximum Gasteiger partial charge on any atom is 0.231 e. The molecule has 0 aliphatic carbocycles. The molecular weight excluding hydrogens is 368 g/mol. The first-order valence-electron chi connectivity index (χ1n) is 10.0. The molecule has 1 atom stereocenters. The van der Waals surface area contributed by atoms with Gasteiger partial charge in [0.15, 0.2) is 0 Å². The maximum atomic E-state index is 12.7. The summed E-state index contributed by atoms with van der Waals surface area (Å²) in [5, 5.41) is 13.4. The van der Waals surface area contributed by atoms with Crippen LogP contribution in [0.25, 0.3) is 11.1 Å². The van der Waals surface area contributed by atoms with E-state index in [4.69, 9.17) is 4.42 Å². The highest BCUT2D eigenvalue weighted by molar-refractivity contribution is 5.90. The van der Waals surface area contributed by atoms with Gasteiger partial charge in [-0.15, -0.1) is 0 Å². The number of piperidine rings is 1. The standard InChI is InChI=1S/C22H26N4O3/c1-14-15(2)29-22-19(14)20(24-13-25-22)26-11-3-4-17(12-26)21(28)23-10-9-16-5-7-18(27)8-6-16/h5-8,13,17,27H,3-4,9-12H2,1-2H3,(H,23,28). The molecule has 1 unspecified atom stereocenters. The second-order valence-corrected chi connectivity index (χ2v) is 7.65. The molecule has 0 bridgehead atoms. The molecule has 1 amide bonds. The van der Waals surface area contributed by atoms with Crippen LogP contribution < -0.4 is 10.2 Å². The minimum atomic E-state index is -0.0677. The van der Waals surface area contributed by atoms with Crippen molar-refractivity contribution in [3.8, 4) is 5.75 Å². The van der Waals surface area contributed by atoms with Crippen LogP contribution in [0.4, 0.5) is 5.82 Å². The van der Waals surface area contributed by atoms with Crippen molar-refractivity contribution >= 4 is 22.8 Å². The van der Waals surface area contributed by atoms with E-state index in [1.807, 2.05) is 26.0 Å². The Balaban J connectivity index is 1.40. The van der Waals surface area contributed by atoms with Gasteiger partial charge in [-0.1, -0.05) is 12.1 Å². The molecule has 3 heterocycles. The molecule has 0 radical (unpaired) electrons. The van der Waals surface area contributed by atoms with Gasteiger partial charge in [-0.2, -0.15) is 0 Å².